The van der Waals surface area contributed by atoms with Gasteiger partial charge in [-0.05, 0) is 55.6 Å². The summed E-state index contributed by atoms with van der Waals surface area (Å²) in [5, 5.41) is 11.5. The number of pyridine rings is 1. The van der Waals surface area contributed by atoms with E-state index in [9.17, 15) is 9.90 Å². The maximum atomic E-state index is 12.6. The van der Waals surface area contributed by atoms with Crippen LogP contribution in [-0.2, 0) is 6.42 Å². The van der Waals surface area contributed by atoms with Crippen molar-refractivity contribution in [2.75, 3.05) is 5.33 Å². The second-order valence-corrected chi connectivity index (χ2v) is 10.9. The van der Waals surface area contributed by atoms with E-state index in [1.807, 2.05) is 0 Å². The van der Waals surface area contributed by atoms with Crippen molar-refractivity contribution in [1.82, 2.24) is 4.98 Å². The van der Waals surface area contributed by atoms with Gasteiger partial charge in [-0.15, -0.1) is 0 Å². The zero-order chi connectivity index (χ0) is 25.1. The van der Waals surface area contributed by atoms with E-state index in [-0.39, 0.29) is 17.2 Å². The van der Waals surface area contributed by atoms with Crippen molar-refractivity contribution < 1.29 is 5.11 Å². The SMILES string of the molecule is CCCCCCCCCCCCCC(CCC(CBr)CCc1ccccc1)c1c(O)cc[nH]c1=O. The van der Waals surface area contributed by atoms with Crippen LogP contribution in [0, 0.1) is 5.92 Å². The quantitative estimate of drug-likeness (QED) is 0.128. The van der Waals surface area contributed by atoms with Gasteiger partial charge in [0.2, 0.25) is 0 Å². The van der Waals surface area contributed by atoms with Crippen molar-refractivity contribution in [2.24, 2.45) is 5.92 Å². The molecule has 3 nitrogen and oxygen atoms in total. The number of nitrogens with one attached hydrogen (secondary N) is 1. The molecule has 0 amide bonds. The molecule has 0 fully saturated rings. The molecule has 0 spiro atoms. The highest BCUT2D eigenvalue weighted by atomic mass is 79.9. The number of H-pyrrole nitrogens is 1. The summed E-state index contributed by atoms with van der Waals surface area (Å²) in [6, 6.07) is 12.3. The molecular weight excluding hydrogens is 498 g/mol. The van der Waals surface area contributed by atoms with Crippen LogP contribution >= 0.6 is 15.9 Å². The molecule has 1 heterocycles. The number of aromatic hydroxyl groups is 1. The molecule has 0 aliphatic carbocycles. The maximum Gasteiger partial charge on any atom is 0.255 e. The van der Waals surface area contributed by atoms with Crippen LogP contribution in [0.5, 0.6) is 5.75 Å². The fourth-order valence-electron chi connectivity index (χ4n) is 5.11. The third-order valence-electron chi connectivity index (χ3n) is 7.37. The Balaban J connectivity index is 1.79. The first kappa shape index (κ1) is 29.7. The van der Waals surface area contributed by atoms with Gasteiger partial charge in [0, 0.05) is 11.5 Å². The highest BCUT2D eigenvalue weighted by Crippen LogP contribution is 2.33. The normalized spacial score (nSPS) is 13.1. The van der Waals surface area contributed by atoms with E-state index in [1.54, 1.807) is 12.3 Å². The third-order valence-corrected chi connectivity index (χ3v) is 8.28. The lowest BCUT2D eigenvalue weighted by molar-refractivity contribution is 0.409. The molecule has 0 saturated heterocycles. The molecule has 0 bridgehead atoms. The molecule has 0 saturated carbocycles. The average Bonchev–Trinajstić information content (AvgIpc) is 2.87. The van der Waals surface area contributed by atoms with E-state index < -0.39 is 0 Å². The lowest BCUT2D eigenvalue weighted by atomic mass is 9.85. The summed E-state index contributed by atoms with van der Waals surface area (Å²) in [5.74, 6) is 0.846. The minimum Gasteiger partial charge on any atom is -0.507 e. The van der Waals surface area contributed by atoms with Gasteiger partial charge < -0.3 is 10.1 Å². The number of rotatable bonds is 20. The highest BCUT2D eigenvalue weighted by Gasteiger charge is 2.20. The fourth-order valence-corrected chi connectivity index (χ4v) is 5.76. The molecule has 35 heavy (non-hydrogen) atoms. The van der Waals surface area contributed by atoms with Gasteiger partial charge in [-0.25, -0.2) is 0 Å². The summed E-state index contributed by atoms with van der Waals surface area (Å²) in [4.78, 5) is 15.4. The minimum atomic E-state index is -0.127. The number of aryl methyl sites for hydroxylation is 1. The monoisotopic (exact) mass is 545 g/mol. The molecule has 4 heteroatoms. The van der Waals surface area contributed by atoms with Gasteiger partial charge >= 0.3 is 0 Å². The van der Waals surface area contributed by atoms with Crippen LogP contribution in [0.25, 0.3) is 0 Å². The van der Waals surface area contributed by atoms with Crippen LogP contribution in [0.15, 0.2) is 47.4 Å². The molecule has 1 aromatic heterocycles. The maximum absolute atomic E-state index is 12.6. The molecule has 2 unspecified atom stereocenters. The van der Waals surface area contributed by atoms with Gasteiger partial charge in [-0.1, -0.05) is 124 Å². The van der Waals surface area contributed by atoms with Crippen LogP contribution in [0.2, 0.25) is 0 Å². The van der Waals surface area contributed by atoms with E-state index in [1.165, 1.54) is 69.8 Å². The predicted molar refractivity (Wildman–Crippen MR) is 154 cm³/mol. The van der Waals surface area contributed by atoms with E-state index in [0.717, 1.165) is 43.9 Å². The summed E-state index contributed by atoms with van der Waals surface area (Å²) in [6.45, 7) is 2.27. The minimum absolute atomic E-state index is 0.122. The summed E-state index contributed by atoms with van der Waals surface area (Å²) in [7, 11) is 0. The summed E-state index contributed by atoms with van der Waals surface area (Å²) in [6.07, 6.45) is 21.3. The van der Waals surface area contributed by atoms with E-state index >= 15 is 0 Å². The van der Waals surface area contributed by atoms with Crippen LogP contribution in [0.1, 0.15) is 120 Å². The molecule has 196 valence electrons. The van der Waals surface area contributed by atoms with Gasteiger partial charge in [0.15, 0.2) is 0 Å². The lowest BCUT2D eigenvalue weighted by Crippen LogP contribution is -2.17. The smallest absolute Gasteiger partial charge is 0.255 e. The van der Waals surface area contributed by atoms with E-state index in [2.05, 4.69) is 58.2 Å². The van der Waals surface area contributed by atoms with Crippen LogP contribution < -0.4 is 5.56 Å². The molecule has 1 aromatic carbocycles. The standard InChI is InChI=1S/C31H48BrNO2/c1-2-3-4-5-6-7-8-9-10-11-15-18-28(30-29(34)23-24-33-31(30)35)22-21-27(25-32)20-19-26-16-13-12-14-17-26/h12-14,16-17,23-24,27-28H,2-11,15,18-22,25H2,1H3,(H2,33,34,35). The van der Waals surface area contributed by atoms with Crippen molar-refractivity contribution in [1.29, 1.82) is 0 Å². The Morgan fingerprint density at radius 3 is 2.03 bits per heavy atom. The summed E-state index contributed by atoms with van der Waals surface area (Å²) >= 11 is 3.72. The first-order valence-corrected chi connectivity index (χ1v) is 15.3. The largest absolute Gasteiger partial charge is 0.507 e. The first-order chi connectivity index (χ1) is 17.2. The van der Waals surface area contributed by atoms with E-state index in [4.69, 9.17) is 0 Å². The molecule has 0 aliphatic rings. The van der Waals surface area contributed by atoms with Gasteiger partial charge in [0.25, 0.3) is 5.56 Å². The van der Waals surface area contributed by atoms with Crippen molar-refractivity contribution in [2.45, 2.75) is 116 Å². The summed E-state index contributed by atoms with van der Waals surface area (Å²) < 4.78 is 0. The Morgan fingerprint density at radius 1 is 0.800 bits per heavy atom. The molecule has 0 radical (unpaired) electrons. The Bertz CT molecular complexity index is 835. The van der Waals surface area contributed by atoms with Crippen molar-refractivity contribution in [3.05, 3.63) is 64.1 Å². The number of halogens is 1. The number of hydrogen-bond donors (Lipinski definition) is 2. The predicted octanol–water partition coefficient (Wildman–Crippen LogP) is 9.29. The van der Waals surface area contributed by atoms with Crippen LogP contribution in [-0.4, -0.2) is 15.4 Å². The number of aromatic nitrogens is 1. The summed E-state index contributed by atoms with van der Waals surface area (Å²) in [5.41, 5.74) is 1.85. The Labute approximate surface area is 222 Å². The van der Waals surface area contributed by atoms with Crippen LogP contribution in [0.3, 0.4) is 0 Å². The van der Waals surface area contributed by atoms with Gasteiger partial charge in [0.1, 0.15) is 5.75 Å². The van der Waals surface area contributed by atoms with Gasteiger partial charge in [-0.3, -0.25) is 4.79 Å². The lowest BCUT2D eigenvalue weighted by Gasteiger charge is -2.21. The molecule has 0 aliphatic heterocycles. The Morgan fingerprint density at radius 2 is 1.43 bits per heavy atom. The van der Waals surface area contributed by atoms with Crippen molar-refractivity contribution in [3.63, 3.8) is 0 Å². The van der Waals surface area contributed by atoms with Gasteiger partial charge in [0.05, 0.1) is 5.56 Å². The Hall–Kier alpha value is -1.55. The molecule has 2 atom stereocenters. The first-order valence-electron chi connectivity index (χ1n) is 14.2. The number of aromatic amines is 1. The van der Waals surface area contributed by atoms with Crippen molar-refractivity contribution in [3.8, 4) is 5.75 Å². The number of benzene rings is 1. The molecule has 2 rings (SSSR count). The van der Waals surface area contributed by atoms with Crippen molar-refractivity contribution >= 4 is 15.9 Å². The molecular formula is C31H48BrNO2. The second kappa shape index (κ2) is 18.7. The molecule has 2 aromatic rings. The number of alkyl halides is 1. The van der Waals surface area contributed by atoms with Gasteiger partial charge in [-0.2, -0.15) is 0 Å². The zero-order valence-electron chi connectivity index (χ0n) is 22.0. The van der Waals surface area contributed by atoms with E-state index in [0.29, 0.717) is 11.5 Å². The zero-order valence-corrected chi connectivity index (χ0v) is 23.5. The second-order valence-electron chi connectivity index (χ2n) is 10.2. The number of hydrogen-bond acceptors (Lipinski definition) is 2. The molecule has 2 N–H and O–H groups in total. The topological polar surface area (TPSA) is 53.1 Å². The highest BCUT2D eigenvalue weighted by molar-refractivity contribution is 9.09. The Kier molecular flexibility index (Phi) is 15.8. The third kappa shape index (κ3) is 12.3. The fraction of sp³-hybridized carbons (Fsp3) is 0.645. The average molecular weight is 547 g/mol. The number of unbranched alkanes of at least 4 members (excludes halogenated alkanes) is 10. The van der Waals surface area contributed by atoms with Crippen LogP contribution in [0.4, 0.5) is 0 Å².